The second-order valence-corrected chi connectivity index (χ2v) is 6.93. The largest absolute Gasteiger partial charge is 0.480 e. The van der Waals surface area contributed by atoms with Crippen molar-refractivity contribution in [2.75, 3.05) is 25.5 Å². The van der Waals surface area contributed by atoms with Crippen LogP contribution >= 0.6 is 11.6 Å². The molecule has 3 rings (SSSR count). The molecule has 1 N–H and O–H groups in total. The summed E-state index contributed by atoms with van der Waals surface area (Å²) in [6.07, 6.45) is 4.27. The number of aromatic nitrogens is 2. The van der Waals surface area contributed by atoms with Crippen molar-refractivity contribution in [1.82, 2.24) is 14.9 Å². The molecule has 0 aliphatic carbocycles. The van der Waals surface area contributed by atoms with Crippen molar-refractivity contribution in [2.45, 2.75) is 12.8 Å². The Hall–Kier alpha value is -2.93. The highest BCUT2D eigenvalue weighted by Crippen LogP contribution is 2.24. The van der Waals surface area contributed by atoms with Gasteiger partial charge in [0.05, 0.1) is 13.3 Å². The normalized spacial score (nSPS) is 15.9. The molecule has 0 saturated carbocycles. The number of rotatable bonds is 6. The van der Waals surface area contributed by atoms with Crippen molar-refractivity contribution in [3.8, 4) is 5.88 Å². The Morgan fingerprint density at radius 3 is 2.82 bits per heavy atom. The minimum absolute atomic E-state index is 0.0290. The fraction of sp³-hybridized carbons (Fsp3) is 0.300. The predicted molar refractivity (Wildman–Crippen MR) is 107 cm³/mol. The molecule has 0 spiro atoms. The van der Waals surface area contributed by atoms with Gasteiger partial charge in [-0.05, 0) is 42.7 Å². The molecule has 2 aromatic rings. The van der Waals surface area contributed by atoms with Crippen LogP contribution < -0.4 is 10.1 Å². The molecule has 1 saturated heterocycles. The second kappa shape index (κ2) is 8.84. The minimum atomic E-state index is -0.289. The van der Waals surface area contributed by atoms with Gasteiger partial charge in [-0.25, -0.2) is 4.98 Å². The second-order valence-electron chi connectivity index (χ2n) is 6.52. The van der Waals surface area contributed by atoms with E-state index in [0.717, 1.165) is 6.42 Å². The van der Waals surface area contributed by atoms with Crippen LogP contribution in [0, 0.1) is 5.92 Å². The first kappa shape index (κ1) is 19.8. The standard InChI is InChI=1S/C20H21ClN4O3/c1-3-18(26)23-15-6-4-14(5-7-15)20(27)25-9-8-13(12-25)10-17-22-11-16(21)19(24-17)28-2/h3-7,11,13H,1,8-10,12H2,2H3,(H,23,26)/t13-/m0/s1. The van der Waals surface area contributed by atoms with Crippen LogP contribution in [-0.2, 0) is 11.2 Å². The van der Waals surface area contributed by atoms with Crippen molar-refractivity contribution in [1.29, 1.82) is 0 Å². The molecule has 1 aliphatic rings. The van der Waals surface area contributed by atoms with E-state index in [9.17, 15) is 9.59 Å². The van der Waals surface area contributed by atoms with Gasteiger partial charge in [-0.1, -0.05) is 18.2 Å². The van der Waals surface area contributed by atoms with Gasteiger partial charge < -0.3 is 15.0 Å². The Labute approximate surface area is 168 Å². The number of methoxy groups -OCH3 is 1. The summed E-state index contributed by atoms with van der Waals surface area (Å²) in [5.41, 5.74) is 1.20. The fourth-order valence-electron chi connectivity index (χ4n) is 3.14. The summed E-state index contributed by atoms with van der Waals surface area (Å²) < 4.78 is 5.13. The van der Waals surface area contributed by atoms with Crippen LogP contribution in [-0.4, -0.2) is 46.9 Å². The predicted octanol–water partition coefficient (Wildman–Crippen LogP) is 2.97. The van der Waals surface area contributed by atoms with E-state index in [-0.39, 0.29) is 17.7 Å². The molecule has 1 fully saturated rings. The number of ether oxygens (including phenoxy) is 1. The highest BCUT2D eigenvalue weighted by molar-refractivity contribution is 6.31. The van der Waals surface area contributed by atoms with E-state index in [1.54, 1.807) is 24.3 Å². The molecular weight excluding hydrogens is 380 g/mol. The fourth-order valence-corrected chi connectivity index (χ4v) is 3.31. The monoisotopic (exact) mass is 400 g/mol. The Kier molecular flexibility index (Phi) is 6.26. The van der Waals surface area contributed by atoms with Gasteiger partial charge in [0, 0.05) is 30.8 Å². The van der Waals surface area contributed by atoms with Gasteiger partial charge in [0.1, 0.15) is 10.8 Å². The molecule has 28 heavy (non-hydrogen) atoms. The number of nitrogens with one attached hydrogen (secondary N) is 1. The Balaban J connectivity index is 1.59. The molecule has 1 aromatic carbocycles. The lowest BCUT2D eigenvalue weighted by Crippen LogP contribution is -2.29. The average molecular weight is 401 g/mol. The summed E-state index contributed by atoms with van der Waals surface area (Å²) in [7, 11) is 1.52. The van der Waals surface area contributed by atoms with Gasteiger partial charge >= 0.3 is 0 Å². The maximum Gasteiger partial charge on any atom is 0.253 e. The van der Waals surface area contributed by atoms with E-state index >= 15 is 0 Å². The minimum Gasteiger partial charge on any atom is -0.480 e. The number of nitrogens with zero attached hydrogens (tertiary/aromatic N) is 3. The molecule has 1 atom stereocenters. The first-order chi connectivity index (χ1) is 13.5. The molecule has 1 aromatic heterocycles. The maximum absolute atomic E-state index is 12.7. The van der Waals surface area contributed by atoms with Gasteiger partial charge in [0.15, 0.2) is 0 Å². The number of hydrogen-bond donors (Lipinski definition) is 1. The van der Waals surface area contributed by atoms with Crippen LogP contribution in [0.1, 0.15) is 22.6 Å². The lowest BCUT2D eigenvalue weighted by molar-refractivity contribution is -0.111. The van der Waals surface area contributed by atoms with E-state index in [1.807, 2.05) is 4.90 Å². The summed E-state index contributed by atoms with van der Waals surface area (Å²) in [6, 6.07) is 6.83. The van der Waals surface area contributed by atoms with E-state index < -0.39 is 0 Å². The molecule has 7 nitrogen and oxygen atoms in total. The number of halogens is 1. The van der Waals surface area contributed by atoms with Gasteiger partial charge in [-0.3, -0.25) is 9.59 Å². The Morgan fingerprint density at radius 2 is 2.14 bits per heavy atom. The van der Waals surface area contributed by atoms with Crippen LogP contribution in [0.15, 0.2) is 43.1 Å². The third kappa shape index (κ3) is 4.67. The maximum atomic E-state index is 12.7. The zero-order chi connectivity index (χ0) is 20.1. The van der Waals surface area contributed by atoms with Crippen molar-refractivity contribution >= 4 is 29.1 Å². The van der Waals surface area contributed by atoms with E-state index in [1.165, 1.54) is 19.4 Å². The van der Waals surface area contributed by atoms with Crippen molar-refractivity contribution in [3.63, 3.8) is 0 Å². The molecule has 0 radical (unpaired) electrons. The molecule has 2 amide bonds. The summed E-state index contributed by atoms with van der Waals surface area (Å²) >= 11 is 5.96. The van der Waals surface area contributed by atoms with Crippen LogP contribution in [0.4, 0.5) is 5.69 Å². The Bertz CT molecular complexity index is 886. The number of carbonyl (C=O) groups excluding carboxylic acids is 2. The van der Waals surface area contributed by atoms with Crippen LogP contribution in [0.3, 0.4) is 0 Å². The molecule has 0 bridgehead atoms. The smallest absolute Gasteiger partial charge is 0.253 e. The third-order valence-corrected chi connectivity index (χ3v) is 4.84. The van der Waals surface area contributed by atoms with Crippen LogP contribution in [0.5, 0.6) is 5.88 Å². The number of anilines is 1. The van der Waals surface area contributed by atoms with Gasteiger partial charge in [0.2, 0.25) is 11.8 Å². The molecule has 0 unspecified atom stereocenters. The first-order valence-corrected chi connectivity index (χ1v) is 9.26. The van der Waals surface area contributed by atoms with Gasteiger partial charge in [-0.2, -0.15) is 4.98 Å². The number of amides is 2. The lowest BCUT2D eigenvalue weighted by Gasteiger charge is -2.17. The zero-order valence-electron chi connectivity index (χ0n) is 15.5. The van der Waals surface area contributed by atoms with E-state index in [2.05, 4.69) is 21.9 Å². The summed E-state index contributed by atoms with van der Waals surface area (Å²) in [5.74, 6) is 0.978. The summed E-state index contributed by atoms with van der Waals surface area (Å²) in [4.78, 5) is 34.4. The van der Waals surface area contributed by atoms with Crippen LogP contribution in [0.25, 0.3) is 0 Å². The number of hydrogen-bond acceptors (Lipinski definition) is 5. The van der Waals surface area contributed by atoms with Crippen molar-refractivity contribution in [3.05, 3.63) is 59.5 Å². The molecule has 8 heteroatoms. The van der Waals surface area contributed by atoms with Gasteiger partial charge in [0.25, 0.3) is 5.91 Å². The van der Waals surface area contributed by atoms with E-state index in [0.29, 0.717) is 47.5 Å². The zero-order valence-corrected chi connectivity index (χ0v) is 16.3. The summed E-state index contributed by atoms with van der Waals surface area (Å²) in [5, 5.41) is 3.04. The van der Waals surface area contributed by atoms with Gasteiger partial charge in [-0.15, -0.1) is 0 Å². The third-order valence-electron chi connectivity index (χ3n) is 4.58. The van der Waals surface area contributed by atoms with Crippen molar-refractivity contribution < 1.29 is 14.3 Å². The topological polar surface area (TPSA) is 84.4 Å². The lowest BCUT2D eigenvalue weighted by atomic mass is 10.0. The Morgan fingerprint density at radius 1 is 1.39 bits per heavy atom. The highest BCUT2D eigenvalue weighted by Gasteiger charge is 2.28. The number of likely N-dealkylation sites (tertiary alicyclic amines) is 1. The molecule has 146 valence electrons. The first-order valence-electron chi connectivity index (χ1n) is 8.88. The molecule has 2 heterocycles. The average Bonchev–Trinajstić information content (AvgIpc) is 3.17. The summed E-state index contributed by atoms with van der Waals surface area (Å²) in [6.45, 7) is 4.74. The quantitative estimate of drug-likeness (QED) is 0.753. The number of carbonyl (C=O) groups is 2. The number of benzene rings is 1. The SMILES string of the molecule is C=CC(=O)Nc1ccc(C(=O)N2CC[C@@H](Cc3ncc(Cl)c(OC)n3)C2)cc1. The molecule has 1 aliphatic heterocycles. The van der Waals surface area contributed by atoms with Crippen molar-refractivity contribution in [2.24, 2.45) is 5.92 Å². The van der Waals surface area contributed by atoms with Crippen LogP contribution in [0.2, 0.25) is 5.02 Å². The highest BCUT2D eigenvalue weighted by atomic mass is 35.5. The molecular formula is C20H21ClN4O3. The van der Waals surface area contributed by atoms with E-state index in [4.69, 9.17) is 16.3 Å².